The summed E-state index contributed by atoms with van der Waals surface area (Å²) >= 11 is 12.3. The molecule has 0 heterocycles. The third-order valence-corrected chi connectivity index (χ3v) is 6.42. The van der Waals surface area contributed by atoms with Crippen LogP contribution in [0, 0.1) is 0 Å². The van der Waals surface area contributed by atoms with E-state index in [9.17, 15) is 9.90 Å². The lowest BCUT2D eigenvalue weighted by molar-refractivity contribution is -0.142. The van der Waals surface area contributed by atoms with Gasteiger partial charge >= 0.3 is 5.97 Å². The van der Waals surface area contributed by atoms with Crippen LogP contribution >= 0.6 is 35.6 Å². The summed E-state index contributed by atoms with van der Waals surface area (Å²) in [5.74, 6) is -0.786. The predicted molar refractivity (Wildman–Crippen MR) is 118 cm³/mol. The van der Waals surface area contributed by atoms with Crippen molar-refractivity contribution in [3.8, 4) is 0 Å². The van der Waals surface area contributed by atoms with Crippen LogP contribution in [-0.4, -0.2) is 35.6 Å². The van der Waals surface area contributed by atoms with Gasteiger partial charge in [-0.1, -0.05) is 41.4 Å². The van der Waals surface area contributed by atoms with Gasteiger partial charge in [0.05, 0.1) is 0 Å². The Kier molecular flexibility index (Phi) is 7.81. The molecule has 0 spiro atoms. The molecule has 6 heteroatoms. The molecule has 1 aliphatic rings. The van der Waals surface area contributed by atoms with Crippen molar-refractivity contribution in [3.63, 3.8) is 0 Å². The van der Waals surface area contributed by atoms with Gasteiger partial charge in [0, 0.05) is 15.5 Å². The molecule has 2 aromatic rings. The smallest absolute Gasteiger partial charge is 0.320 e. The van der Waals surface area contributed by atoms with Gasteiger partial charge in [0.2, 0.25) is 0 Å². The monoisotopic (exact) mass is 441 g/mol. The molecule has 28 heavy (non-hydrogen) atoms. The number of carboxylic acids is 1. The molecule has 0 aliphatic heterocycles. The Balaban J connectivity index is 0.00000280. The van der Waals surface area contributed by atoms with Crippen LogP contribution in [-0.2, 0) is 16.6 Å². The van der Waals surface area contributed by atoms with Crippen molar-refractivity contribution < 1.29 is 9.90 Å². The minimum absolute atomic E-state index is 0. The van der Waals surface area contributed by atoms with E-state index in [0.29, 0.717) is 0 Å². The number of fused-ring (bicyclic) bond motifs is 1. The lowest BCUT2D eigenvalue weighted by Gasteiger charge is -2.33. The summed E-state index contributed by atoms with van der Waals surface area (Å²) in [4.78, 5) is 13.1. The molecular weight excluding hydrogens is 417 g/mol. The highest BCUT2D eigenvalue weighted by Gasteiger charge is 2.39. The van der Waals surface area contributed by atoms with E-state index in [1.165, 1.54) is 16.7 Å². The number of aryl methyl sites for hydroxylation is 1. The highest BCUT2D eigenvalue weighted by molar-refractivity contribution is 6.30. The standard InChI is InChI=1S/C22H25Cl2NO2.ClH/c1-15(21(26)27)25(2)13-3-11-22(17-4-6-18(23)7-5-17)12-10-16-14-19(24)8-9-20(16)22;/h4-9,14-15H,3,10-13H2,1-2H3,(H,26,27);1H/t15-,22?;/m0./s1. The fraction of sp³-hybridized carbons (Fsp3) is 0.409. The third-order valence-electron chi connectivity index (χ3n) is 5.93. The molecule has 1 N–H and O–H groups in total. The first kappa shape index (κ1) is 23.0. The highest BCUT2D eigenvalue weighted by Crippen LogP contribution is 2.48. The molecule has 3 rings (SSSR count). The van der Waals surface area contributed by atoms with Crippen molar-refractivity contribution in [2.24, 2.45) is 0 Å². The van der Waals surface area contributed by atoms with Gasteiger partial charge < -0.3 is 5.11 Å². The van der Waals surface area contributed by atoms with E-state index in [1.807, 2.05) is 30.1 Å². The maximum atomic E-state index is 11.2. The summed E-state index contributed by atoms with van der Waals surface area (Å²) in [6.07, 6.45) is 3.90. The molecule has 0 aromatic heterocycles. The van der Waals surface area contributed by atoms with E-state index in [-0.39, 0.29) is 17.8 Å². The topological polar surface area (TPSA) is 40.5 Å². The molecule has 3 nitrogen and oxygen atoms in total. The third kappa shape index (κ3) is 4.65. The number of hydrogen-bond donors (Lipinski definition) is 1. The van der Waals surface area contributed by atoms with Crippen LogP contribution in [0.3, 0.4) is 0 Å². The van der Waals surface area contributed by atoms with Crippen molar-refractivity contribution in [2.45, 2.75) is 44.1 Å². The zero-order valence-electron chi connectivity index (χ0n) is 16.1. The number of halogens is 3. The Morgan fingerprint density at radius 2 is 1.82 bits per heavy atom. The number of rotatable bonds is 7. The molecule has 1 aliphatic carbocycles. The number of nitrogens with zero attached hydrogens (tertiary/aromatic N) is 1. The van der Waals surface area contributed by atoms with Crippen molar-refractivity contribution in [2.75, 3.05) is 13.6 Å². The Bertz CT molecular complexity index is 825. The summed E-state index contributed by atoms with van der Waals surface area (Å²) in [6, 6.07) is 13.9. The van der Waals surface area contributed by atoms with Crippen LogP contribution in [0.4, 0.5) is 0 Å². The molecule has 0 amide bonds. The maximum absolute atomic E-state index is 11.2. The first-order valence-corrected chi connectivity index (χ1v) is 10.1. The van der Waals surface area contributed by atoms with Crippen molar-refractivity contribution in [3.05, 3.63) is 69.2 Å². The molecule has 2 aromatic carbocycles. The lowest BCUT2D eigenvalue weighted by atomic mass is 9.72. The van der Waals surface area contributed by atoms with Crippen LogP contribution in [0.15, 0.2) is 42.5 Å². The SMILES string of the molecule is C[C@@H](C(=O)O)N(C)CCCC1(c2ccc(Cl)cc2)CCc2cc(Cl)ccc21.Cl. The van der Waals surface area contributed by atoms with Gasteiger partial charge in [-0.25, -0.2) is 0 Å². The number of carboxylic acid groups (broad SMARTS) is 1. The molecular formula is C22H26Cl3NO2. The maximum Gasteiger partial charge on any atom is 0.320 e. The summed E-state index contributed by atoms with van der Waals surface area (Å²) < 4.78 is 0. The molecule has 0 bridgehead atoms. The van der Waals surface area contributed by atoms with Gasteiger partial charge in [0.1, 0.15) is 6.04 Å². The average molecular weight is 443 g/mol. The Hall–Kier alpha value is -1.26. The van der Waals surface area contributed by atoms with Gasteiger partial charge in [-0.3, -0.25) is 9.69 Å². The lowest BCUT2D eigenvalue weighted by Crippen LogP contribution is -2.37. The van der Waals surface area contributed by atoms with Crippen LogP contribution in [0.1, 0.15) is 42.9 Å². The van der Waals surface area contributed by atoms with Gasteiger partial charge in [0.25, 0.3) is 0 Å². The van der Waals surface area contributed by atoms with E-state index in [1.54, 1.807) is 6.92 Å². The molecule has 0 fully saturated rings. The Labute approximate surface area is 183 Å². The van der Waals surface area contributed by atoms with Gasteiger partial charge in [-0.15, -0.1) is 12.4 Å². The zero-order valence-corrected chi connectivity index (χ0v) is 18.4. The normalized spacial score (nSPS) is 19.2. The van der Waals surface area contributed by atoms with Crippen LogP contribution in [0.25, 0.3) is 0 Å². The quantitative estimate of drug-likeness (QED) is 0.586. The second kappa shape index (κ2) is 9.49. The fourth-order valence-corrected chi connectivity index (χ4v) is 4.52. The van der Waals surface area contributed by atoms with E-state index in [4.69, 9.17) is 23.2 Å². The first-order valence-electron chi connectivity index (χ1n) is 9.31. The number of carbonyl (C=O) groups is 1. The Morgan fingerprint density at radius 1 is 1.18 bits per heavy atom. The molecule has 152 valence electrons. The second-order valence-corrected chi connectivity index (χ2v) is 8.36. The van der Waals surface area contributed by atoms with Crippen molar-refractivity contribution in [1.82, 2.24) is 4.90 Å². The molecule has 0 saturated carbocycles. The van der Waals surface area contributed by atoms with Gasteiger partial charge in [0.15, 0.2) is 0 Å². The number of benzene rings is 2. The Morgan fingerprint density at radius 3 is 2.46 bits per heavy atom. The zero-order chi connectivity index (χ0) is 19.6. The van der Waals surface area contributed by atoms with E-state index in [0.717, 1.165) is 42.3 Å². The summed E-state index contributed by atoms with van der Waals surface area (Å²) in [7, 11) is 1.87. The second-order valence-electron chi connectivity index (χ2n) is 7.49. The molecule has 2 atom stereocenters. The molecule has 1 unspecified atom stereocenters. The van der Waals surface area contributed by atoms with E-state index < -0.39 is 12.0 Å². The predicted octanol–water partition coefficient (Wildman–Crippen LogP) is 5.83. The summed E-state index contributed by atoms with van der Waals surface area (Å²) in [6.45, 7) is 2.47. The van der Waals surface area contributed by atoms with E-state index in [2.05, 4.69) is 24.3 Å². The van der Waals surface area contributed by atoms with Gasteiger partial charge in [-0.2, -0.15) is 0 Å². The van der Waals surface area contributed by atoms with Crippen molar-refractivity contribution in [1.29, 1.82) is 0 Å². The van der Waals surface area contributed by atoms with Crippen LogP contribution in [0.5, 0.6) is 0 Å². The number of hydrogen-bond acceptors (Lipinski definition) is 2. The average Bonchev–Trinajstić information content (AvgIpc) is 3.00. The number of likely N-dealkylation sites (N-methyl/N-ethyl adjacent to an activating group) is 1. The van der Waals surface area contributed by atoms with E-state index >= 15 is 0 Å². The minimum atomic E-state index is -0.786. The summed E-state index contributed by atoms with van der Waals surface area (Å²) in [5, 5.41) is 10.7. The number of aliphatic carboxylic acids is 1. The highest BCUT2D eigenvalue weighted by atomic mass is 35.5. The fourth-order valence-electron chi connectivity index (χ4n) is 4.20. The first-order chi connectivity index (χ1) is 12.8. The molecule has 0 saturated heterocycles. The minimum Gasteiger partial charge on any atom is -0.480 e. The van der Waals surface area contributed by atoms with Gasteiger partial charge in [-0.05, 0) is 87.2 Å². The van der Waals surface area contributed by atoms with Crippen molar-refractivity contribution >= 4 is 41.6 Å². The summed E-state index contributed by atoms with van der Waals surface area (Å²) in [5.41, 5.74) is 3.84. The largest absolute Gasteiger partial charge is 0.480 e. The van der Waals surface area contributed by atoms with Crippen LogP contribution < -0.4 is 0 Å². The van der Waals surface area contributed by atoms with Crippen LogP contribution in [0.2, 0.25) is 10.0 Å². The molecule has 0 radical (unpaired) electrons.